The number of fused-ring (bicyclic) bond motifs is 1. The normalized spacial score (nSPS) is 12.0. The van der Waals surface area contributed by atoms with E-state index in [0.29, 0.717) is 21.2 Å². The summed E-state index contributed by atoms with van der Waals surface area (Å²) in [5.74, 6) is -0.493. The summed E-state index contributed by atoms with van der Waals surface area (Å²) in [6.45, 7) is 6.72. The molecule has 184 valence electrons. The summed E-state index contributed by atoms with van der Waals surface area (Å²) >= 11 is 3.34. The minimum absolute atomic E-state index is 0.0453. The SMILES string of the molecule is CCOC(=O)[C@H](C)Oc1c(OCC)cc(C=Nn2c(C)nc3ccc(Br)cc3c2=O)cc1[N+](=O)[O-]. The number of nitro groups is 1. The van der Waals surface area contributed by atoms with E-state index in [-0.39, 0.29) is 30.3 Å². The molecule has 1 heterocycles. The summed E-state index contributed by atoms with van der Waals surface area (Å²) in [5, 5.41) is 16.4. The number of halogens is 1. The molecule has 2 aromatic carbocycles. The molecule has 1 atom stereocenters. The molecule has 0 saturated heterocycles. The first-order chi connectivity index (χ1) is 16.7. The monoisotopic (exact) mass is 546 g/mol. The second-order valence-electron chi connectivity index (χ2n) is 7.25. The lowest BCUT2D eigenvalue weighted by Crippen LogP contribution is -2.26. The maximum Gasteiger partial charge on any atom is 0.347 e. The van der Waals surface area contributed by atoms with Crippen molar-refractivity contribution < 1.29 is 23.9 Å². The molecule has 0 unspecified atom stereocenters. The number of carbonyl (C=O) groups excluding carboxylic acids is 1. The van der Waals surface area contributed by atoms with E-state index in [2.05, 4.69) is 26.0 Å². The molecule has 0 saturated carbocycles. The van der Waals surface area contributed by atoms with Crippen LogP contribution in [0.25, 0.3) is 10.9 Å². The number of nitro benzene ring substituents is 1. The molecule has 0 aliphatic rings. The zero-order valence-corrected chi connectivity index (χ0v) is 21.1. The number of carbonyl (C=O) groups is 1. The highest BCUT2D eigenvalue weighted by Gasteiger charge is 2.27. The highest BCUT2D eigenvalue weighted by atomic mass is 79.9. The van der Waals surface area contributed by atoms with Gasteiger partial charge in [0.1, 0.15) is 5.82 Å². The van der Waals surface area contributed by atoms with Crippen molar-refractivity contribution in [2.24, 2.45) is 5.10 Å². The van der Waals surface area contributed by atoms with Crippen LogP contribution in [0.15, 0.2) is 44.7 Å². The van der Waals surface area contributed by atoms with Crippen LogP contribution in [0, 0.1) is 17.0 Å². The molecule has 12 heteroatoms. The lowest BCUT2D eigenvalue weighted by Gasteiger charge is -2.17. The number of hydrogen-bond acceptors (Lipinski definition) is 9. The van der Waals surface area contributed by atoms with Gasteiger partial charge in [0.2, 0.25) is 5.75 Å². The van der Waals surface area contributed by atoms with Crippen LogP contribution < -0.4 is 15.0 Å². The largest absolute Gasteiger partial charge is 0.490 e. The third-order valence-corrected chi connectivity index (χ3v) is 5.25. The van der Waals surface area contributed by atoms with Crippen LogP contribution in [0.4, 0.5) is 5.69 Å². The Morgan fingerprint density at radius 1 is 1.29 bits per heavy atom. The summed E-state index contributed by atoms with van der Waals surface area (Å²) in [6.07, 6.45) is 0.185. The van der Waals surface area contributed by atoms with Gasteiger partial charge in [0.25, 0.3) is 5.56 Å². The number of esters is 1. The molecule has 0 radical (unpaired) electrons. The van der Waals surface area contributed by atoms with Crippen LogP contribution in [-0.2, 0) is 9.53 Å². The van der Waals surface area contributed by atoms with E-state index in [1.165, 1.54) is 25.3 Å². The lowest BCUT2D eigenvalue weighted by atomic mass is 10.1. The average molecular weight is 547 g/mol. The smallest absolute Gasteiger partial charge is 0.347 e. The average Bonchev–Trinajstić information content (AvgIpc) is 2.80. The van der Waals surface area contributed by atoms with Crippen molar-refractivity contribution >= 4 is 44.7 Å². The molecule has 1 aromatic heterocycles. The Bertz CT molecular complexity index is 1370. The van der Waals surface area contributed by atoms with Gasteiger partial charge >= 0.3 is 11.7 Å². The summed E-state index contributed by atoms with van der Waals surface area (Å²) in [4.78, 5) is 40.5. The van der Waals surface area contributed by atoms with Gasteiger partial charge in [-0.3, -0.25) is 14.9 Å². The summed E-state index contributed by atoms with van der Waals surface area (Å²) in [6, 6.07) is 7.83. The summed E-state index contributed by atoms with van der Waals surface area (Å²) < 4.78 is 17.8. The number of ether oxygens (including phenoxy) is 3. The highest BCUT2D eigenvalue weighted by Crippen LogP contribution is 2.39. The zero-order valence-electron chi connectivity index (χ0n) is 19.5. The van der Waals surface area contributed by atoms with Crippen LogP contribution in [-0.4, -0.2) is 46.1 Å². The predicted molar refractivity (Wildman–Crippen MR) is 132 cm³/mol. The molecule has 0 N–H and O–H groups in total. The van der Waals surface area contributed by atoms with Crippen molar-refractivity contribution in [1.82, 2.24) is 9.66 Å². The summed E-state index contributed by atoms with van der Waals surface area (Å²) in [7, 11) is 0. The summed E-state index contributed by atoms with van der Waals surface area (Å²) in [5.41, 5.74) is -0.0310. The van der Waals surface area contributed by atoms with Gasteiger partial charge in [-0.2, -0.15) is 9.78 Å². The zero-order chi connectivity index (χ0) is 25.7. The molecule has 0 spiro atoms. The molecular weight excluding hydrogens is 524 g/mol. The van der Waals surface area contributed by atoms with Crippen molar-refractivity contribution in [2.45, 2.75) is 33.8 Å². The fourth-order valence-corrected chi connectivity index (χ4v) is 3.57. The number of benzene rings is 2. The number of nitrogens with zero attached hydrogens (tertiary/aromatic N) is 4. The van der Waals surface area contributed by atoms with E-state index in [4.69, 9.17) is 14.2 Å². The number of hydrogen-bond donors (Lipinski definition) is 0. The fourth-order valence-electron chi connectivity index (χ4n) is 3.20. The van der Waals surface area contributed by atoms with Gasteiger partial charge in [0.05, 0.1) is 35.3 Å². The predicted octanol–water partition coefficient (Wildman–Crippen LogP) is 3.99. The van der Waals surface area contributed by atoms with Gasteiger partial charge in [-0.1, -0.05) is 15.9 Å². The Labute approximate surface area is 208 Å². The lowest BCUT2D eigenvalue weighted by molar-refractivity contribution is -0.386. The van der Waals surface area contributed by atoms with Crippen molar-refractivity contribution in [3.63, 3.8) is 0 Å². The van der Waals surface area contributed by atoms with Crippen LogP contribution in [0.2, 0.25) is 0 Å². The van der Waals surface area contributed by atoms with E-state index in [0.717, 1.165) is 4.68 Å². The van der Waals surface area contributed by atoms with E-state index in [9.17, 15) is 19.7 Å². The second-order valence-corrected chi connectivity index (χ2v) is 8.17. The highest BCUT2D eigenvalue weighted by molar-refractivity contribution is 9.10. The van der Waals surface area contributed by atoms with Gasteiger partial charge in [-0.15, -0.1) is 0 Å². The minimum atomic E-state index is -1.10. The number of aromatic nitrogens is 2. The van der Waals surface area contributed by atoms with Crippen LogP contribution in [0.5, 0.6) is 11.5 Å². The molecule has 0 bridgehead atoms. The molecule has 11 nitrogen and oxygen atoms in total. The van der Waals surface area contributed by atoms with Gasteiger partial charge in [0, 0.05) is 16.1 Å². The maximum absolute atomic E-state index is 13.0. The van der Waals surface area contributed by atoms with E-state index < -0.39 is 28.2 Å². The Morgan fingerprint density at radius 3 is 2.69 bits per heavy atom. The van der Waals surface area contributed by atoms with E-state index in [1.807, 2.05) is 0 Å². The topological polar surface area (TPSA) is 135 Å². The Balaban J connectivity index is 2.07. The first-order valence-electron chi connectivity index (χ1n) is 10.7. The molecule has 3 rings (SSSR count). The molecule has 0 aliphatic carbocycles. The van der Waals surface area contributed by atoms with Crippen molar-refractivity contribution in [1.29, 1.82) is 0 Å². The molecule has 0 amide bonds. The molecule has 0 fully saturated rings. The Hall–Kier alpha value is -3.80. The van der Waals surface area contributed by atoms with E-state index >= 15 is 0 Å². The third kappa shape index (κ3) is 5.83. The number of aryl methyl sites for hydroxylation is 1. The van der Waals surface area contributed by atoms with Crippen LogP contribution in [0.1, 0.15) is 32.2 Å². The Morgan fingerprint density at radius 2 is 2.03 bits per heavy atom. The molecule has 35 heavy (non-hydrogen) atoms. The minimum Gasteiger partial charge on any atom is -0.490 e. The van der Waals surface area contributed by atoms with E-state index in [1.54, 1.807) is 39.0 Å². The maximum atomic E-state index is 13.0. The standard InChI is InChI=1S/C23H23BrN4O7/c1-5-33-20-10-15(9-19(28(31)32)21(20)35-13(3)23(30)34-6-2)12-25-27-14(4)26-18-8-7-16(24)11-17(18)22(27)29/h7-13H,5-6H2,1-4H3/t13-/m0/s1. The van der Waals surface area contributed by atoms with Gasteiger partial charge in [0.15, 0.2) is 11.9 Å². The fraction of sp³-hybridized carbons (Fsp3) is 0.304. The van der Waals surface area contributed by atoms with Crippen molar-refractivity contribution in [3.05, 3.63) is 66.7 Å². The van der Waals surface area contributed by atoms with Crippen LogP contribution >= 0.6 is 15.9 Å². The quantitative estimate of drug-likeness (QED) is 0.170. The first-order valence-corrected chi connectivity index (χ1v) is 11.5. The van der Waals surface area contributed by atoms with Gasteiger partial charge < -0.3 is 14.2 Å². The Kier molecular flexibility index (Phi) is 8.18. The molecule has 0 aliphatic heterocycles. The second kappa shape index (κ2) is 11.1. The van der Waals surface area contributed by atoms with Crippen LogP contribution in [0.3, 0.4) is 0 Å². The van der Waals surface area contributed by atoms with Crippen molar-refractivity contribution in [3.8, 4) is 11.5 Å². The van der Waals surface area contributed by atoms with Gasteiger partial charge in [-0.25, -0.2) is 9.78 Å². The first kappa shape index (κ1) is 25.8. The number of rotatable bonds is 9. The molecular formula is C23H23BrN4O7. The molecule has 3 aromatic rings. The van der Waals surface area contributed by atoms with Crippen molar-refractivity contribution in [2.75, 3.05) is 13.2 Å². The third-order valence-electron chi connectivity index (χ3n) is 4.76. The van der Waals surface area contributed by atoms with Gasteiger partial charge in [-0.05, 0) is 52.0 Å².